The molecule has 4 N–H and O–H groups in total. The van der Waals surface area contributed by atoms with Crippen LogP contribution in [0.5, 0.6) is 5.75 Å². The van der Waals surface area contributed by atoms with Gasteiger partial charge < -0.3 is 25.5 Å². The highest BCUT2D eigenvalue weighted by molar-refractivity contribution is 5.80. The van der Waals surface area contributed by atoms with Gasteiger partial charge in [-0.15, -0.1) is 0 Å². The van der Waals surface area contributed by atoms with Gasteiger partial charge in [-0.25, -0.2) is 0 Å². The lowest BCUT2D eigenvalue weighted by molar-refractivity contribution is -0.137. The monoisotopic (exact) mass is 387 g/mol. The van der Waals surface area contributed by atoms with Crippen molar-refractivity contribution in [2.45, 2.75) is 63.1 Å². The van der Waals surface area contributed by atoms with Crippen molar-refractivity contribution in [3.8, 4) is 5.75 Å². The van der Waals surface area contributed by atoms with Crippen molar-refractivity contribution in [2.24, 2.45) is 5.73 Å². The van der Waals surface area contributed by atoms with E-state index in [0.29, 0.717) is 0 Å². The molecule has 3 aliphatic rings. The van der Waals surface area contributed by atoms with E-state index < -0.39 is 0 Å². The summed E-state index contributed by atoms with van der Waals surface area (Å²) in [6, 6.07) is 7.98. The fourth-order valence-corrected chi connectivity index (χ4v) is 3.90. The van der Waals surface area contributed by atoms with E-state index in [4.69, 9.17) is 15.2 Å². The van der Waals surface area contributed by atoms with E-state index in [0.717, 1.165) is 37.2 Å². The third-order valence-electron chi connectivity index (χ3n) is 5.73. The van der Waals surface area contributed by atoms with Crippen LogP contribution in [0.3, 0.4) is 0 Å². The third-order valence-corrected chi connectivity index (χ3v) is 5.73. The quantitative estimate of drug-likeness (QED) is 0.736. The van der Waals surface area contributed by atoms with Crippen LogP contribution >= 0.6 is 0 Å². The summed E-state index contributed by atoms with van der Waals surface area (Å²) >= 11 is 0. The van der Waals surface area contributed by atoms with Gasteiger partial charge in [0, 0.05) is 30.2 Å². The van der Waals surface area contributed by atoms with Gasteiger partial charge in [0.25, 0.3) is 0 Å². The topological polar surface area (TPSA) is 89.4 Å². The first-order chi connectivity index (χ1) is 13.6. The van der Waals surface area contributed by atoms with Crippen molar-refractivity contribution >= 4 is 16.8 Å². The molecule has 2 aliphatic heterocycles. The van der Waals surface area contributed by atoms with Crippen molar-refractivity contribution in [1.29, 1.82) is 0 Å². The highest BCUT2D eigenvalue weighted by Crippen LogP contribution is 2.33. The molecule has 6 heteroatoms. The van der Waals surface area contributed by atoms with Gasteiger partial charge in [-0.3, -0.25) is 4.79 Å². The number of rotatable bonds is 2. The summed E-state index contributed by atoms with van der Waals surface area (Å²) in [6.45, 7) is 1.74. The molecule has 1 amide bonds. The van der Waals surface area contributed by atoms with Gasteiger partial charge in [-0.05, 0) is 37.1 Å². The fraction of sp³-hybridized carbons (Fsp3) is 0.591. The molecular formula is C22H33N3O3. The SMILES string of the molecule is C1CCCCC1.COc1ccc2[nH]ccc2c1.NC(=O)[C@@H]1CCC2(CNC2)O1. The van der Waals surface area contributed by atoms with E-state index >= 15 is 0 Å². The molecule has 1 aromatic heterocycles. The van der Waals surface area contributed by atoms with Gasteiger partial charge in [0.2, 0.25) is 5.91 Å². The van der Waals surface area contributed by atoms with Crippen molar-refractivity contribution < 1.29 is 14.3 Å². The molecule has 154 valence electrons. The largest absolute Gasteiger partial charge is 0.497 e. The summed E-state index contributed by atoms with van der Waals surface area (Å²) in [5.74, 6) is 0.575. The molecule has 1 atom stereocenters. The van der Waals surface area contributed by atoms with Gasteiger partial charge in [-0.2, -0.15) is 0 Å². The Hall–Kier alpha value is -2.05. The molecule has 3 heterocycles. The molecule has 28 heavy (non-hydrogen) atoms. The average Bonchev–Trinajstić information content (AvgIpc) is 3.37. The van der Waals surface area contributed by atoms with Crippen LogP contribution in [-0.2, 0) is 9.53 Å². The summed E-state index contributed by atoms with van der Waals surface area (Å²) in [5, 5.41) is 4.31. The predicted molar refractivity (Wildman–Crippen MR) is 111 cm³/mol. The maximum Gasteiger partial charge on any atom is 0.246 e. The number of nitrogens with one attached hydrogen (secondary N) is 2. The molecule has 1 aliphatic carbocycles. The number of methoxy groups -OCH3 is 1. The van der Waals surface area contributed by atoms with Crippen molar-refractivity contribution in [3.05, 3.63) is 30.5 Å². The van der Waals surface area contributed by atoms with Crippen LogP contribution in [0.1, 0.15) is 51.4 Å². The molecule has 0 unspecified atom stereocenters. The predicted octanol–water partition coefficient (Wildman–Crippen LogP) is 3.51. The molecule has 0 bridgehead atoms. The number of benzene rings is 1. The van der Waals surface area contributed by atoms with E-state index in [1.54, 1.807) is 7.11 Å². The van der Waals surface area contributed by atoms with Gasteiger partial charge >= 0.3 is 0 Å². The number of aromatic amines is 1. The second-order valence-electron chi connectivity index (χ2n) is 7.89. The van der Waals surface area contributed by atoms with E-state index in [-0.39, 0.29) is 17.6 Å². The Morgan fingerprint density at radius 1 is 1.14 bits per heavy atom. The van der Waals surface area contributed by atoms with Crippen molar-refractivity contribution in [2.75, 3.05) is 20.2 Å². The second kappa shape index (κ2) is 9.94. The Bertz CT molecular complexity index is 739. The zero-order valence-corrected chi connectivity index (χ0v) is 16.8. The van der Waals surface area contributed by atoms with Crippen LogP contribution in [-0.4, -0.2) is 42.8 Å². The minimum atomic E-state index is -0.336. The minimum absolute atomic E-state index is 0.0420. The minimum Gasteiger partial charge on any atom is -0.497 e. The first-order valence-electron chi connectivity index (χ1n) is 10.4. The van der Waals surface area contributed by atoms with Crippen molar-refractivity contribution in [1.82, 2.24) is 10.3 Å². The van der Waals surface area contributed by atoms with E-state index in [1.165, 1.54) is 43.9 Å². The highest BCUT2D eigenvalue weighted by Gasteiger charge is 2.46. The van der Waals surface area contributed by atoms with Crippen molar-refractivity contribution in [3.63, 3.8) is 0 Å². The van der Waals surface area contributed by atoms with E-state index in [2.05, 4.69) is 10.3 Å². The molecule has 3 fully saturated rings. The number of ether oxygens (including phenoxy) is 2. The normalized spacial score (nSPS) is 22.4. The Labute approximate surface area is 167 Å². The number of carbonyl (C=O) groups is 1. The molecule has 5 rings (SSSR count). The molecule has 2 aromatic rings. The van der Waals surface area contributed by atoms with Crippen LogP contribution in [0.2, 0.25) is 0 Å². The number of nitrogens with two attached hydrogens (primary N) is 1. The maximum atomic E-state index is 10.7. The molecular weight excluding hydrogens is 354 g/mol. The number of fused-ring (bicyclic) bond motifs is 1. The first-order valence-corrected chi connectivity index (χ1v) is 10.4. The Kier molecular flexibility index (Phi) is 7.34. The Balaban J connectivity index is 0.000000126. The molecule has 6 nitrogen and oxygen atoms in total. The zero-order chi connectivity index (χ0) is 19.8. The molecule has 2 saturated heterocycles. The maximum absolute atomic E-state index is 10.7. The summed E-state index contributed by atoms with van der Waals surface area (Å²) < 4.78 is 10.6. The lowest BCUT2D eigenvalue weighted by Crippen LogP contribution is -2.59. The molecule has 1 aromatic carbocycles. The lowest BCUT2D eigenvalue weighted by atomic mass is 9.93. The Morgan fingerprint density at radius 3 is 2.29 bits per heavy atom. The van der Waals surface area contributed by atoms with E-state index in [9.17, 15) is 4.79 Å². The fourth-order valence-electron chi connectivity index (χ4n) is 3.90. The zero-order valence-electron chi connectivity index (χ0n) is 16.8. The molecule has 0 radical (unpaired) electrons. The Morgan fingerprint density at radius 2 is 1.82 bits per heavy atom. The summed E-state index contributed by atoms with van der Waals surface area (Å²) in [5.41, 5.74) is 6.22. The van der Waals surface area contributed by atoms with Crippen LogP contribution in [0.25, 0.3) is 10.9 Å². The number of primary amides is 1. The van der Waals surface area contributed by atoms with Crippen LogP contribution < -0.4 is 15.8 Å². The van der Waals surface area contributed by atoms with Gasteiger partial charge in [0.05, 0.1) is 12.7 Å². The number of amides is 1. The van der Waals surface area contributed by atoms with Crippen LogP contribution in [0.15, 0.2) is 30.5 Å². The summed E-state index contributed by atoms with van der Waals surface area (Å²) in [6.07, 6.45) is 12.3. The number of carbonyl (C=O) groups excluding carboxylic acids is 1. The number of aromatic nitrogens is 1. The van der Waals surface area contributed by atoms with Crippen LogP contribution in [0.4, 0.5) is 0 Å². The first kappa shape index (κ1) is 20.7. The van der Waals surface area contributed by atoms with E-state index in [1.807, 2.05) is 30.5 Å². The lowest BCUT2D eigenvalue weighted by Gasteiger charge is -2.38. The average molecular weight is 388 g/mol. The summed E-state index contributed by atoms with van der Waals surface area (Å²) in [4.78, 5) is 13.8. The molecule has 1 spiro atoms. The highest BCUT2D eigenvalue weighted by atomic mass is 16.5. The van der Waals surface area contributed by atoms with Gasteiger partial charge in [-0.1, -0.05) is 38.5 Å². The van der Waals surface area contributed by atoms with Gasteiger partial charge in [0.1, 0.15) is 11.9 Å². The summed E-state index contributed by atoms with van der Waals surface area (Å²) in [7, 11) is 1.67. The molecule has 1 saturated carbocycles. The third kappa shape index (κ3) is 5.49. The number of hydrogen-bond acceptors (Lipinski definition) is 4. The second-order valence-corrected chi connectivity index (χ2v) is 7.89. The smallest absolute Gasteiger partial charge is 0.246 e. The standard InChI is InChI=1S/C9H9NO.C7H12N2O2.C6H12/c1-11-8-2-3-9-7(6-8)4-5-10-9;8-6(10)5-1-2-7(11-5)3-9-4-7;1-2-4-6-5-3-1/h2-6,10H,1H3;5,9H,1-4H2,(H2,8,10);1-6H2/t;5-;/m.0./s1. The van der Waals surface area contributed by atoms with Gasteiger partial charge in [0.15, 0.2) is 0 Å². The number of hydrogen-bond donors (Lipinski definition) is 3. The van der Waals surface area contributed by atoms with Crippen LogP contribution in [0, 0.1) is 0 Å². The number of H-pyrrole nitrogens is 1.